The molecule has 18 heavy (non-hydrogen) atoms. The first-order chi connectivity index (χ1) is 8.35. The zero-order valence-corrected chi connectivity index (χ0v) is 12.3. The fourth-order valence-corrected chi connectivity index (χ4v) is 1.73. The first kappa shape index (κ1) is 15.0. The van der Waals surface area contributed by atoms with Crippen LogP contribution in [0.25, 0.3) is 0 Å². The molecule has 1 rings (SSSR count). The molecule has 0 saturated heterocycles. The summed E-state index contributed by atoms with van der Waals surface area (Å²) in [5.41, 5.74) is 1.97. The van der Waals surface area contributed by atoms with Gasteiger partial charge >= 0.3 is 0 Å². The van der Waals surface area contributed by atoms with E-state index in [0.29, 0.717) is 5.88 Å². The Morgan fingerprint density at radius 2 is 1.89 bits per heavy atom. The fraction of sp³-hybridized carbons (Fsp3) is 0.533. The summed E-state index contributed by atoms with van der Waals surface area (Å²) in [5, 5.41) is 3.01. The van der Waals surface area contributed by atoms with Crippen molar-refractivity contribution in [3.05, 3.63) is 35.4 Å². The molecule has 0 aliphatic heterocycles. The van der Waals surface area contributed by atoms with Gasteiger partial charge in [0.05, 0.1) is 5.41 Å². The van der Waals surface area contributed by atoms with E-state index >= 15 is 0 Å². The number of amides is 1. The maximum Gasteiger partial charge on any atom is 0.227 e. The van der Waals surface area contributed by atoms with Gasteiger partial charge in [0.15, 0.2) is 0 Å². The Hall–Kier alpha value is -1.02. The SMILES string of the molecule is Cc1ccc(CC(C)NC(=O)C(C)(C)CCl)cc1. The standard InChI is InChI=1S/C15H22ClNO/c1-11-5-7-13(8-6-11)9-12(2)17-14(18)15(3,4)10-16/h5-8,12H,9-10H2,1-4H3,(H,17,18). The second-order valence-corrected chi connectivity index (χ2v) is 5.85. The number of alkyl halides is 1. The fourth-order valence-electron chi connectivity index (χ4n) is 1.61. The molecule has 0 aliphatic carbocycles. The van der Waals surface area contributed by atoms with Crippen molar-refractivity contribution in [2.45, 2.75) is 40.2 Å². The van der Waals surface area contributed by atoms with E-state index in [1.807, 2.05) is 20.8 Å². The van der Waals surface area contributed by atoms with Crippen LogP contribution in [0, 0.1) is 12.3 Å². The number of rotatable bonds is 5. The van der Waals surface area contributed by atoms with Crippen LogP contribution in [0.4, 0.5) is 0 Å². The van der Waals surface area contributed by atoms with Crippen molar-refractivity contribution >= 4 is 17.5 Å². The van der Waals surface area contributed by atoms with Gasteiger partial charge in [-0.2, -0.15) is 0 Å². The molecule has 3 heteroatoms. The van der Waals surface area contributed by atoms with E-state index in [1.54, 1.807) is 0 Å². The number of nitrogens with one attached hydrogen (secondary N) is 1. The predicted octanol–water partition coefficient (Wildman–Crippen LogP) is 3.31. The molecule has 1 amide bonds. The van der Waals surface area contributed by atoms with Crippen LogP contribution in [0.5, 0.6) is 0 Å². The van der Waals surface area contributed by atoms with Crippen LogP contribution in [0.2, 0.25) is 0 Å². The summed E-state index contributed by atoms with van der Waals surface area (Å²) in [6.07, 6.45) is 0.838. The van der Waals surface area contributed by atoms with E-state index in [2.05, 4.69) is 36.5 Å². The molecule has 100 valence electrons. The van der Waals surface area contributed by atoms with Crippen LogP contribution < -0.4 is 5.32 Å². The molecule has 1 N–H and O–H groups in total. The van der Waals surface area contributed by atoms with E-state index < -0.39 is 5.41 Å². The Morgan fingerprint density at radius 1 is 1.33 bits per heavy atom. The number of aryl methyl sites for hydroxylation is 1. The molecule has 1 aromatic carbocycles. The Kier molecular flexibility index (Phi) is 5.21. The zero-order valence-electron chi connectivity index (χ0n) is 11.6. The number of carbonyl (C=O) groups is 1. The van der Waals surface area contributed by atoms with E-state index in [-0.39, 0.29) is 11.9 Å². The summed E-state index contributed by atoms with van der Waals surface area (Å²) in [4.78, 5) is 12.0. The van der Waals surface area contributed by atoms with Crippen molar-refractivity contribution in [2.24, 2.45) is 5.41 Å². The lowest BCUT2D eigenvalue weighted by atomic mass is 9.94. The summed E-state index contributed by atoms with van der Waals surface area (Å²) in [5.74, 6) is 0.341. The van der Waals surface area contributed by atoms with Gasteiger partial charge in [-0.1, -0.05) is 29.8 Å². The molecule has 1 atom stereocenters. The van der Waals surface area contributed by atoms with Crippen molar-refractivity contribution in [1.29, 1.82) is 0 Å². The Balaban J connectivity index is 2.54. The van der Waals surface area contributed by atoms with Gasteiger partial charge in [0.25, 0.3) is 0 Å². The van der Waals surface area contributed by atoms with Crippen LogP contribution >= 0.6 is 11.6 Å². The Morgan fingerprint density at radius 3 is 2.39 bits per heavy atom. The minimum Gasteiger partial charge on any atom is -0.353 e. The average Bonchev–Trinajstić information content (AvgIpc) is 2.32. The molecular weight excluding hydrogens is 246 g/mol. The van der Waals surface area contributed by atoms with Crippen molar-refractivity contribution in [1.82, 2.24) is 5.32 Å². The molecule has 2 nitrogen and oxygen atoms in total. The topological polar surface area (TPSA) is 29.1 Å². The van der Waals surface area contributed by atoms with Crippen LogP contribution in [-0.4, -0.2) is 17.8 Å². The lowest BCUT2D eigenvalue weighted by Gasteiger charge is -2.23. The summed E-state index contributed by atoms with van der Waals surface area (Å²) in [6, 6.07) is 8.50. The highest BCUT2D eigenvalue weighted by Gasteiger charge is 2.27. The maximum absolute atomic E-state index is 12.0. The van der Waals surface area contributed by atoms with E-state index in [9.17, 15) is 4.79 Å². The molecule has 1 aromatic rings. The molecule has 0 spiro atoms. The van der Waals surface area contributed by atoms with Gasteiger partial charge < -0.3 is 5.32 Å². The van der Waals surface area contributed by atoms with Gasteiger partial charge in [0, 0.05) is 11.9 Å². The summed E-state index contributed by atoms with van der Waals surface area (Å²) < 4.78 is 0. The first-order valence-corrected chi connectivity index (χ1v) is 6.81. The first-order valence-electron chi connectivity index (χ1n) is 6.27. The average molecular weight is 268 g/mol. The largest absolute Gasteiger partial charge is 0.353 e. The summed E-state index contributed by atoms with van der Waals surface area (Å²) in [6.45, 7) is 7.79. The maximum atomic E-state index is 12.0. The summed E-state index contributed by atoms with van der Waals surface area (Å²) in [7, 11) is 0. The van der Waals surface area contributed by atoms with Gasteiger partial charge in [-0.25, -0.2) is 0 Å². The molecule has 1 unspecified atom stereocenters. The van der Waals surface area contributed by atoms with Crippen LogP contribution in [-0.2, 0) is 11.2 Å². The lowest BCUT2D eigenvalue weighted by Crippen LogP contribution is -2.43. The van der Waals surface area contributed by atoms with Gasteiger partial charge in [-0.15, -0.1) is 11.6 Å². The normalized spacial score (nSPS) is 13.2. The molecule has 0 aliphatic rings. The third kappa shape index (κ3) is 4.34. The van der Waals surface area contributed by atoms with Crippen LogP contribution in [0.1, 0.15) is 31.9 Å². The van der Waals surface area contributed by atoms with Crippen molar-refractivity contribution in [3.8, 4) is 0 Å². The molecule has 0 saturated carbocycles. The van der Waals surface area contributed by atoms with Crippen molar-refractivity contribution in [2.75, 3.05) is 5.88 Å². The van der Waals surface area contributed by atoms with E-state index in [0.717, 1.165) is 6.42 Å². The van der Waals surface area contributed by atoms with Gasteiger partial charge in [-0.3, -0.25) is 4.79 Å². The van der Waals surface area contributed by atoms with Crippen LogP contribution in [0.3, 0.4) is 0 Å². The third-order valence-electron chi connectivity index (χ3n) is 2.99. The molecule has 0 radical (unpaired) electrons. The monoisotopic (exact) mass is 267 g/mol. The number of halogens is 1. The van der Waals surface area contributed by atoms with Crippen molar-refractivity contribution in [3.63, 3.8) is 0 Å². The Labute approximate surface area is 115 Å². The third-order valence-corrected chi connectivity index (χ3v) is 3.66. The van der Waals surface area contributed by atoms with Gasteiger partial charge in [0.2, 0.25) is 5.91 Å². The highest BCUT2D eigenvalue weighted by atomic mass is 35.5. The number of benzene rings is 1. The van der Waals surface area contributed by atoms with E-state index in [4.69, 9.17) is 11.6 Å². The number of carbonyl (C=O) groups excluding carboxylic acids is 1. The molecule has 0 aromatic heterocycles. The number of hydrogen-bond donors (Lipinski definition) is 1. The second-order valence-electron chi connectivity index (χ2n) is 5.58. The predicted molar refractivity (Wildman–Crippen MR) is 77.0 cm³/mol. The van der Waals surface area contributed by atoms with E-state index in [1.165, 1.54) is 11.1 Å². The minimum absolute atomic E-state index is 0.0112. The van der Waals surface area contributed by atoms with Crippen molar-refractivity contribution < 1.29 is 4.79 Å². The smallest absolute Gasteiger partial charge is 0.227 e. The second kappa shape index (κ2) is 6.24. The molecule has 0 fully saturated rings. The zero-order chi connectivity index (χ0) is 13.8. The molecular formula is C15H22ClNO. The quantitative estimate of drug-likeness (QED) is 0.815. The minimum atomic E-state index is -0.511. The molecule has 0 heterocycles. The van der Waals surface area contributed by atoms with Gasteiger partial charge in [-0.05, 0) is 39.7 Å². The highest BCUT2D eigenvalue weighted by Crippen LogP contribution is 2.17. The molecule has 0 bridgehead atoms. The Bertz CT molecular complexity index is 397. The van der Waals surface area contributed by atoms with Gasteiger partial charge in [0.1, 0.15) is 0 Å². The highest BCUT2D eigenvalue weighted by molar-refractivity contribution is 6.19. The number of hydrogen-bond acceptors (Lipinski definition) is 1. The van der Waals surface area contributed by atoms with Crippen LogP contribution in [0.15, 0.2) is 24.3 Å². The lowest BCUT2D eigenvalue weighted by molar-refractivity contribution is -0.128. The summed E-state index contributed by atoms with van der Waals surface area (Å²) >= 11 is 5.79.